The Morgan fingerprint density at radius 1 is 1.43 bits per heavy atom. The zero-order valence-corrected chi connectivity index (χ0v) is 9.97. The first kappa shape index (κ1) is 11.6. The third-order valence-corrected chi connectivity index (χ3v) is 3.63. The van der Waals surface area contributed by atoms with Gasteiger partial charge >= 0.3 is 0 Å². The zero-order valence-electron chi connectivity index (χ0n) is 9.16. The van der Waals surface area contributed by atoms with Gasteiger partial charge in [0.25, 0.3) is 0 Å². The molecule has 0 aliphatic heterocycles. The molecule has 2 N–H and O–H groups in total. The lowest BCUT2D eigenvalue weighted by Gasteiger charge is -2.17. The molecule has 1 rings (SSSR count). The van der Waals surface area contributed by atoms with Crippen molar-refractivity contribution < 1.29 is 0 Å². The van der Waals surface area contributed by atoms with Gasteiger partial charge < -0.3 is 5.73 Å². The molecule has 0 saturated heterocycles. The molecule has 2 atom stereocenters. The van der Waals surface area contributed by atoms with Crippen LogP contribution in [0.3, 0.4) is 0 Å². The van der Waals surface area contributed by atoms with Crippen LogP contribution in [0.25, 0.3) is 0 Å². The second-order valence-corrected chi connectivity index (χ2v) is 5.16. The molecule has 1 aromatic rings. The van der Waals surface area contributed by atoms with Crippen molar-refractivity contribution in [2.45, 2.75) is 43.4 Å². The third-order valence-electron chi connectivity index (χ3n) is 2.39. The van der Waals surface area contributed by atoms with Crippen LogP contribution in [0.4, 0.5) is 0 Å². The minimum Gasteiger partial charge on any atom is -0.327 e. The highest BCUT2D eigenvalue weighted by atomic mass is 32.2. The summed E-state index contributed by atoms with van der Waals surface area (Å²) in [5.74, 6) is 0. The van der Waals surface area contributed by atoms with Gasteiger partial charge in [0.15, 0.2) is 0 Å². The van der Waals surface area contributed by atoms with Crippen molar-refractivity contribution in [1.82, 2.24) is 0 Å². The Balaban J connectivity index is 2.60. The fraction of sp³-hybridized carbons (Fsp3) is 0.500. The number of benzene rings is 1. The lowest BCUT2D eigenvalue weighted by atomic mass is 10.2. The Kier molecular flexibility index (Phi) is 4.49. The Morgan fingerprint density at radius 3 is 2.71 bits per heavy atom. The summed E-state index contributed by atoms with van der Waals surface area (Å²) < 4.78 is 0. The Hall–Kier alpha value is -0.470. The lowest BCUT2D eigenvalue weighted by Crippen LogP contribution is -2.29. The second kappa shape index (κ2) is 5.42. The molecule has 0 spiro atoms. The van der Waals surface area contributed by atoms with Gasteiger partial charge in [0, 0.05) is 16.2 Å². The molecule has 0 amide bonds. The molecule has 2 unspecified atom stereocenters. The van der Waals surface area contributed by atoms with Crippen molar-refractivity contribution in [2.24, 2.45) is 5.73 Å². The van der Waals surface area contributed by atoms with Crippen molar-refractivity contribution in [3.05, 3.63) is 29.8 Å². The van der Waals surface area contributed by atoms with Gasteiger partial charge in [-0.15, -0.1) is 11.8 Å². The van der Waals surface area contributed by atoms with Crippen LogP contribution >= 0.6 is 11.8 Å². The van der Waals surface area contributed by atoms with Gasteiger partial charge in [-0.05, 0) is 25.5 Å². The molecular formula is C12H19NS. The van der Waals surface area contributed by atoms with Crippen LogP contribution in [0.1, 0.15) is 25.8 Å². The van der Waals surface area contributed by atoms with Crippen LogP contribution in [0.2, 0.25) is 0 Å². The molecule has 0 fully saturated rings. The molecule has 14 heavy (non-hydrogen) atoms. The maximum Gasteiger partial charge on any atom is 0.0217 e. The first-order valence-corrected chi connectivity index (χ1v) is 6.00. The normalized spacial score (nSPS) is 15.1. The van der Waals surface area contributed by atoms with Crippen molar-refractivity contribution in [1.29, 1.82) is 0 Å². The van der Waals surface area contributed by atoms with Gasteiger partial charge in [0.05, 0.1) is 0 Å². The van der Waals surface area contributed by atoms with Crippen LogP contribution in [-0.2, 0) is 0 Å². The van der Waals surface area contributed by atoms with Crippen molar-refractivity contribution >= 4 is 11.8 Å². The first-order chi connectivity index (χ1) is 6.63. The van der Waals surface area contributed by atoms with E-state index in [0.29, 0.717) is 11.3 Å². The van der Waals surface area contributed by atoms with E-state index in [2.05, 4.69) is 45.0 Å². The summed E-state index contributed by atoms with van der Waals surface area (Å²) in [5.41, 5.74) is 7.29. The number of thioether (sulfide) groups is 1. The van der Waals surface area contributed by atoms with Crippen molar-refractivity contribution in [2.75, 3.05) is 0 Å². The molecule has 0 aromatic heterocycles. The summed E-state index contributed by atoms with van der Waals surface area (Å²) in [7, 11) is 0. The van der Waals surface area contributed by atoms with E-state index < -0.39 is 0 Å². The standard InChI is InChI=1S/C12H19NS/c1-4-12(13)10(3)14-11-7-5-6-9(2)8-11/h5-8,10,12H,4,13H2,1-3H3. The highest BCUT2D eigenvalue weighted by Crippen LogP contribution is 2.25. The topological polar surface area (TPSA) is 26.0 Å². The summed E-state index contributed by atoms with van der Waals surface area (Å²) in [6, 6.07) is 8.87. The van der Waals surface area contributed by atoms with Crippen LogP contribution in [0.15, 0.2) is 29.2 Å². The Bertz CT molecular complexity index is 285. The van der Waals surface area contributed by atoms with Gasteiger partial charge in [0.2, 0.25) is 0 Å². The number of hydrogen-bond acceptors (Lipinski definition) is 2. The van der Waals surface area contributed by atoms with E-state index in [-0.39, 0.29) is 0 Å². The van der Waals surface area contributed by atoms with E-state index in [1.807, 2.05) is 11.8 Å². The van der Waals surface area contributed by atoms with Gasteiger partial charge in [-0.3, -0.25) is 0 Å². The number of nitrogens with two attached hydrogens (primary N) is 1. The highest BCUT2D eigenvalue weighted by Gasteiger charge is 2.11. The summed E-state index contributed by atoms with van der Waals surface area (Å²) in [4.78, 5) is 1.32. The van der Waals surface area contributed by atoms with Crippen LogP contribution < -0.4 is 5.73 Å². The predicted molar refractivity (Wildman–Crippen MR) is 64.8 cm³/mol. The van der Waals surface area contributed by atoms with E-state index in [4.69, 9.17) is 5.73 Å². The van der Waals surface area contributed by atoms with Crippen LogP contribution in [0, 0.1) is 6.92 Å². The first-order valence-electron chi connectivity index (χ1n) is 5.12. The molecule has 0 bridgehead atoms. The average molecular weight is 209 g/mol. The molecule has 1 aromatic carbocycles. The van der Waals surface area contributed by atoms with Gasteiger partial charge in [-0.2, -0.15) is 0 Å². The van der Waals surface area contributed by atoms with E-state index in [1.165, 1.54) is 10.5 Å². The quantitative estimate of drug-likeness (QED) is 0.771. The molecule has 1 nitrogen and oxygen atoms in total. The fourth-order valence-corrected chi connectivity index (χ4v) is 2.53. The maximum absolute atomic E-state index is 5.98. The molecule has 0 saturated carbocycles. The summed E-state index contributed by atoms with van der Waals surface area (Å²) in [6.45, 7) is 6.45. The van der Waals surface area contributed by atoms with E-state index in [0.717, 1.165) is 6.42 Å². The number of rotatable bonds is 4. The van der Waals surface area contributed by atoms with Crippen LogP contribution in [-0.4, -0.2) is 11.3 Å². The monoisotopic (exact) mass is 209 g/mol. The third kappa shape index (κ3) is 3.35. The summed E-state index contributed by atoms with van der Waals surface area (Å²) in [5, 5.41) is 0.488. The summed E-state index contributed by atoms with van der Waals surface area (Å²) in [6.07, 6.45) is 1.04. The minimum atomic E-state index is 0.292. The van der Waals surface area contributed by atoms with Crippen LogP contribution in [0.5, 0.6) is 0 Å². The zero-order chi connectivity index (χ0) is 10.6. The predicted octanol–water partition coefficient (Wildman–Crippen LogP) is 3.21. The lowest BCUT2D eigenvalue weighted by molar-refractivity contribution is 0.642. The maximum atomic E-state index is 5.98. The second-order valence-electron chi connectivity index (χ2n) is 3.71. The largest absolute Gasteiger partial charge is 0.327 e. The number of aryl methyl sites for hydroxylation is 1. The Morgan fingerprint density at radius 2 is 2.14 bits per heavy atom. The average Bonchev–Trinajstić information content (AvgIpc) is 2.16. The molecule has 78 valence electrons. The summed E-state index contributed by atoms with van der Waals surface area (Å²) >= 11 is 1.87. The van der Waals surface area contributed by atoms with Gasteiger partial charge in [0.1, 0.15) is 0 Å². The molecule has 0 heterocycles. The molecule has 0 aliphatic carbocycles. The fourth-order valence-electron chi connectivity index (χ4n) is 1.32. The molecule has 0 radical (unpaired) electrons. The van der Waals surface area contributed by atoms with Crippen molar-refractivity contribution in [3.63, 3.8) is 0 Å². The van der Waals surface area contributed by atoms with E-state index in [1.54, 1.807) is 0 Å². The molecule has 0 aliphatic rings. The van der Waals surface area contributed by atoms with Crippen molar-refractivity contribution in [3.8, 4) is 0 Å². The van der Waals surface area contributed by atoms with Gasteiger partial charge in [-0.25, -0.2) is 0 Å². The minimum absolute atomic E-state index is 0.292. The van der Waals surface area contributed by atoms with E-state index >= 15 is 0 Å². The van der Waals surface area contributed by atoms with E-state index in [9.17, 15) is 0 Å². The SMILES string of the molecule is CCC(N)C(C)Sc1cccc(C)c1. The highest BCUT2D eigenvalue weighted by molar-refractivity contribution is 8.00. The van der Waals surface area contributed by atoms with Gasteiger partial charge in [-0.1, -0.05) is 31.5 Å². The number of hydrogen-bond donors (Lipinski definition) is 1. The Labute approximate surface area is 91.1 Å². The molecule has 2 heteroatoms. The smallest absolute Gasteiger partial charge is 0.0217 e. The molecular weight excluding hydrogens is 190 g/mol.